The maximum absolute atomic E-state index is 13.2. The maximum Gasteiger partial charge on any atom is 0.340 e. The van der Waals surface area contributed by atoms with Crippen LogP contribution in [0.2, 0.25) is 0 Å². The molecular weight excluding hydrogens is 319 g/mol. The molecule has 0 aliphatic carbocycles. The number of likely N-dealkylation sites (N-methyl/N-ethyl adjacent to an activating group) is 1. The zero-order chi connectivity index (χ0) is 14.2. The maximum atomic E-state index is 13.2. The molecule has 1 atom stereocenters. The number of nitrogen functional groups attached to an aromatic ring is 1. The van der Waals surface area contributed by atoms with Crippen molar-refractivity contribution in [2.45, 2.75) is 12.5 Å². The topological polar surface area (TPSA) is 72.6 Å². The minimum Gasteiger partial charge on any atom is -0.449 e. The number of carbonyl (C=O) groups is 2. The van der Waals surface area contributed by atoms with Crippen LogP contribution in [-0.4, -0.2) is 36.5 Å². The van der Waals surface area contributed by atoms with Gasteiger partial charge >= 0.3 is 5.97 Å². The number of rotatable bonds is 2. The molecule has 19 heavy (non-hydrogen) atoms. The lowest BCUT2D eigenvalue weighted by Gasteiger charge is -2.12. The highest BCUT2D eigenvalue weighted by atomic mass is 79.9. The van der Waals surface area contributed by atoms with Crippen LogP contribution in [0.25, 0.3) is 0 Å². The molecule has 0 bridgehead atoms. The number of esters is 1. The summed E-state index contributed by atoms with van der Waals surface area (Å²) < 4.78 is 18.5. The van der Waals surface area contributed by atoms with Crippen LogP contribution in [0, 0.1) is 5.82 Å². The van der Waals surface area contributed by atoms with Crippen molar-refractivity contribution in [3.63, 3.8) is 0 Å². The van der Waals surface area contributed by atoms with E-state index in [0.717, 1.165) is 6.07 Å². The van der Waals surface area contributed by atoms with Gasteiger partial charge in [0.2, 0.25) is 0 Å². The normalized spacial score (nSPS) is 18.8. The van der Waals surface area contributed by atoms with Crippen molar-refractivity contribution in [2.75, 3.05) is 19.3 Å². The second-order valence-electron chi connectivity index (χ2n) is 4.30. The summed E-state index contributed by atoms with van der Waals surface area (Å²) in [7, 11) is 1.64. The van der Waals surface area contributed by atoms with E-state index in [-0.39, 0.29) is 21.6 Å². The lowest BCUT2D eigenvalue weighted by atomic mass is 10.2. The molecule has 0 spiro atoms. The van der Waals surface area contributed by atoms with Gasteiger partial charge in [-0.25, -0.2) is 9.18 Å². The first-order chi connectivity index (χ1) is 8.90. The van der Waals surface area contributed by atoms with E-state index in [1.165, 1.54) is 11.0 Å². The Morgan fingerprint density at radius 1 is 1.58 bits per heavy atom. The number of anilines is 1. The first-order valence-electron chi connectivity index (χ1n) is 5.60. The van der Waals surface area contributed by atoms with Crippen LogP contribution in [0.3, 0.4) is 0 Å². The summed E-state index contributed by atoms with van der Waals surface area (Å²) in [5.41, 5.74) is 5.36. The van der Waals surface area contributed by atoms with E-state index < -0.39 is 17.9 Å². The molecule has 1 saturated heterocycles. The minimum absolute atomic E-state index is 0.0984. The third kappa shape index (κ3) is 2.70. The summed E-state index contributed by atoms with van der Waals surface area (Å²) in [6.45, 7) is 0.545. The lowest BCUT2D eigenvalue weighted by molar-refractivity contribution is -0.133. The summed E-state index contributed by atoms with van der Waals surface area (Å²) >= 11 is 3.07. The van der Waals surface area contributed by atoms with Gasteiger partial charge < -0.3 is 15.4 Å². The Bertz CT molecular complexity index is 550. The number of hydrogen-bond acceptors (Lipinski definition) is 4. The third-order valence-corrected chi connectivity index (χ3v) is 3.59. The fourth-order valence-corrected chi connectivity index (χ4v) is 2.29. The van der Waals surface area contributed by atoms with E-state index in [9.17, 15) is 14.0 Å². The Labute approximate surface area is 117 Å². The Morgan fingerprint density at radius 2 is 2.26 bits per heavy atom. The molecule has 1 aromatic carbocycles. The van der Waals surface area contributed by atoms with Crippen molar-refractivity contribution in [1.82, 2.24) is 4.90 Å². The molecule has 5 nitrogen and oxygen atoms in total. The van der Waals surface area contributed by atoms with Gasteiger partial charge in [-0.15, -0.1) is 0 Å². The summed E-state index contributed by atoms with van der Waals surface area (Å²) in [5, 5.41) is 0. The Morgan fingerprint density at radius 3 is 2.84 bits per heavy atom. The highest BCUT2D eigenvalue weighted by molar-refractivity contribution is 9.10. The third-order valence-electron chi connectivity index (χ3n) is 2.93. The van der Waals surface area contributed by atoms with Crippen molar-refractivity contribution in [2.24, 2.45) is 0 Å². The zero-order valence-corrected chi connectivity index (χ0v) is 11.7. The van der Waals surface area contributed by atoms with E-state index in [1.54, 1.807) is 7.05 Å². The molecule has 2 rings (SSSR count). The molecule has 0 radical (unpaired) electrons. The van der Waals surface area contributed by atoms with E-state index in [1.807, 2.05) is 0 Å². The Kier molecular flexibility index (Phi) is 3.75. The van der Waals surface area contributed by atoms with Gasteiger partial charge in [-0.05, 0) is 28.1 Å². The first-order valence-corrected chi connectivity index (χ1v) is 6.40. The number of carbonyl (C=O) groups excluding carboxylic acids is 2. The van der Waals surface area contributed by atoms with Crippen molar-refractivity contribution < 1.29 is 18.7 Å². The molecule has 0 saturated carbocycles. The van der Waals surface area contributed by atoms with Crippen molar-refractivity contribution in [1.29, 1.82) is 0 Å². The van der Waals surface area contributed by atoms with E-state index >= 15 is 0 Å². The van der Waals surface area contributed by atoms with E-state index in [0.29, 0.717) is 13.0 Å². The van der Waals surface area contributed by atoms with Gasteiger partial charge in [-0.2, -0.15) is 0 Å². The van der Waals surface area contributed by atoms with Gasteiger partial charge in [0.1, 0.15) is 5.82 Å². The summed E-state index contributed by atoms with van der Waals surface area (Å²) in [6.07, 6.45) is -0.328. The largest absolute Gasteiger partial charge is 0.449 e. The highest BCUT2D eigenvalue weighted by Gasteiger charge is 2.33. The Hall–Kier alpha value is -1.63. The van der Waals surface area contributed by atoms with Crippen LogP contribution in [0.15, 0.2) is 16.6 Å². The first kappa shape index (κ1) is 13.8. The van der Waals surface area contributed by atoms with Crippen molar-refractivity contribution >= 4 is 33.5 Å². The average Bonchev–Trinajstić information content (AvgIpc) is 2.65. The molecule has 102 valence electrons. The smallest absolute Gasteiger partial charge is 0.340 e. The summed E-state index contributed by atoms with van der Waals surface area (Å²) in [4.78, 5) is 25.1. The predicted molar refractivity (Wildman–Crippen MR) is 70.0 cm³/mol. The molecule has 1 aromatic rings. The van der Waals surface area contributed by atoms with Crippen LogP contribution in [0.1, 0.15) is 16.8 Å². The molecule has 1 aliphatic heterocycles. The van der Waals surface area contributed by atoms with Crippen molar-refractivity contribution in [3.05, 3.63) is 28.0 Å². The molecule has 2 N–H and O–H groups in total. The monoisotopic (exact) mass is 330 g/mol. The van der Waals surface area contributed by atoms with E-state index in [4.69, 9.17) is 10.5 Å². The SMILES string of the molecule is CN1CCC(OC(=O)c2cc(N)c(F)cc2Br)C1=O. The zero-order valence-electron chi connectivity index (χ0n) is 10.2. The molecule has 1 heterocycles. The summed E-state index contributed by atoms with van der Waals surface area (Å²) in [6, 6.07) is 2.28. The van der Waals surface area contributed by atoms with Gasteiger partial charge in [0, 0.05) is 24.5 Å². The number of nitrogens with two attached hydrogens (primary N) is 1. The standard InChI is InChI=1S/C12H12BrFN2O3/c1-16-3-2-10(11(16)17)19-12(18)6-4-9(15)8(14)5-7(6)13/h4-5,10H,2-3,15H2,1H3. The molecule has 0 aromatic heterocycles. The van der Waals surface area contributed by atoms with Crippen LogP contribution >= 0.6 is 15.9 Å². The number of likely N-dealkylation sites (tertiary alicyclic amines) is 1. The van der Waals surface area contributed by atoms with Crippen LogP contribution < -0.4 is 5.73 Å². The second-order valence-corrected chi connectivity index (χ2v) is 5.15. The number of ether oxygens (including phenoxy) is 1. The fraction of sp³-hybridized carbons (Fsp3) is 0.333. The van der Waals surface area contributed by atoms with E-state index in [2.05, 4.69) is 15.9 Å². The van der Waals surface area contributed by atoms with Gasteiger partial charge in [0.05, 0.1) is 11.3 Å². The molecule has 1 unspecified atom stereocenters. The minimum atomic E-state index is -0.782. The molecule has 1 fully saturated rings. The summed E-state index contributed by atoms with van der Waals surface area (Å²) in [5.74, 6) is -1.56. The van der Waals surface area contributed by atoms with Crippen LogP contribution in [0.5, 0.6) is 0 Å². The average molecular weight is 331 g/mol. The number of hydrogen-bond donors (Lipinski definition) is 1. The van der Waals surface area contributed by atoms with Gasteiger partial charge in [-0.3, -0.25) is 4.79 Å². The molecular formula is C12H12BrFN2O3. The van der Waals surface area contributed by atoms with Crippen molar-refractivity contribution in [3.8, 4) is 0 Å². The number of nitrogens with zero attached hydrogens (tertiary/aromatic N) is 1. The highest BCUT2D eigenvalue weighted by Crippen LogP contribution is 2.25. The fourth-order valence-electron chi connectivity index (χ4n) is 1.81. The molecule has 1 aliphatic rings. The predicted octanol–water partition coefficient (Wildman–Crippen LogP) is 1.56. The Balaban J connectivity index is 2.17. The number of halogens is 2. The van der Waals surface area contributed by atoms with Crippen LogP contribution in [0.4, 0.5) is 10.1 Å². The second kappa shape index (κ2) is 5.16. The van der Waals surface area contributed by atoms with Gasteiger partial charge in [0.15, 0.2) is 6.10 Å². The lowest BCUT2D eigenvalue weighted by Crippen LogP contribution is -2.29. The number of benzene rings is 1. The van der Waals surface area contributed by atoms with Gasteiger partial charge in [0.25, 0.3) is 5.91 Å². The van der Waals surface area contributed by atoms with Gasteiger partial charge in [-0.1, -0.05) is 0 Å². The molecule has 7 heteroatoms. The molecule has 1 amide bonds. The van der Waals surface area contributed by atoms with Crippen LogP contribution in [-0.2, 0) is 9.53 Å². The number of amides is 1. The quantitative estimate of drug-likeness (QED) is 0.659.